The quantitative estimate of drug-likeness (QED) is 0.308. The normalized spacial score (nSPS) is 11.4. The van der Waals surface area contributed by atoms with Crippen LogP contribution in [-0.4, -0.2) is 43.0 Å². The molecule has 0 fully saturated rings. The molecule has 0 aliphatic carbocycles. The van der Waals surface area contributed by atoms with Crippen molar-refractivity contribution < 1.29 is 19.1 Å². The number of carbonyl (C=O) groups is 2. The molecule has 0 bridgehead atoms. The maximum Gasteiger partial charge on any atom is 0.261 e. The SMILES string of the molecule is CCCCNC(=O)[C@@H](Cc1ccccc1)N(Cc1cccc(OC)c1)C(=O)COc1ccc(CC)cc1. The molecule has 0 aliphatic heterocycles. The lowest BCUT2D eigenvalue weighted by molar-refractivity contribution is -0.142. The maximum absolute atomic E-state index is 13.7. The summed E-state index contributed by atoms with van der Waals surface area (Å²) in [5.74, 6) is 0.901. The summed E-state index contributed by atoms with van der Waals surface area (Å²) in [6, 6.07) is 24.4. The molecule has 0 unspecified atom stereocenters. The van der Waals surface area contributed by atoms with Gasteiger partial charge in [0.05, 0.1) is 7.11 Å². The second-order valence-corrected chi connectivity index (χ2v) is 9.01. The first-order chi connectivity index (χ1) is 18.0. The van der Waals surface area contributed by atoms with Crippen LogP contribution in [0.15, 0.2) is 78.9 Å². The predicted molar refractivity (Wildman–Crippen MR) is 147 cm³/mol. The third-order valence-electron chi connectivity index (χ3n) is 6.28. The Hall–Kier alpha value is -3.80. The van der Waals surface area contributed by atoms with E-state index < -0.39 is 6.04 Å². The molecule has 0 saturated carbocycles. The lowest BCUT2D eigenvalue weighted by Gasteiger charge is -2.31. The number of carbonyl (C=O) groups excluding carboxylic acids is 2. The molecule has 2 amide bonds. The van der Waals surface area contributed by atoms with E-state index in [4.69, 9.17) is 9.47 Å². The summed E-state index contributed by atoms with van der Waals surface area (Å²) in [7, 11) is 1.61. The third-order valence-corrected chi connectivity index (χ3v) is 6.28. The van der Waals surface area contributed by atoms with Crippen molar-refractivity contribution in [1.82, 2.24) is 10.2 Å². The molecular formula is C31H38N2O4. The van der Waals surface area contributed by atoms with Crippen LogP contribution < -0.4 is 14.8 Å². The first-order valence-electron chi connectivity index (χ1n) is 13.0. The first-order valence-corrected chi connectivity index (χ1v) is 13.0. The highest BCUT2D eigenvalue weighted by Crippen LogP contribution is 2.19. The van der Waals surface area contributed by atoms with Gasteiger partial charge in [-0.1, -0.05) is 74.9 Å². The van der Waals surface area contributed by atoms with E-state index in [-0.39, 0.29) is 25.0 Å². The fourth-order valence-electron chi connectivity index (χ4n) is 4.08. The summed E-state index contributed by atoms with van der Waals surface area (Å²) < 4.78 is 11.2. The number of amides is 2. The number of unbranched alkanes of at least 4 members (excludes halogenated alkanes) is 1. The molecule has 0 spiro atoms. The van der Waals surface area contributed by atoms with Crippen molar-refractivity contribution in [3.8, 4) is 11.5 Å². The van der Waals surface area contributed by atoms with Gasteiger partial charge < -0.3 is 19.7 Å². The standard InChI is InChI=1S/C31H38N2O4/c1-4-6-19-32-31(35)29(21-25-11-8-7-9-12-25)33(22-26-13-10-14-28(20-26)36-3)30(34)23-37-27-17-15-24(5-2)16-18-27/h7-18,20,29H,4-6,19,21-23H2,1-3H3,(H,32,35)/t29-/m1/s1. The molecule has 3 rings (SSSR count). The zero-order valence-electron chi connectivity index (χ0n) is 22.1. The van der Waals surface area contributed by atoms with Gasteiger partial charge in [-0.3, -0.25) is 9.59 Å². The molecule has 0 saturated heterocycles. The topological polar surface area (TPSA) is 67.9 Å². The lowest BCUT2D eigenvalue weighted by Crippen LogP contribution is -2.51. The monoisotopic (exact) mass is 502 g/mol. The minimum atomic E-state index is -0.691. The Balaban J connectivity index is 1.88. The summed E-state index contributed by atoms with van der Waals surface area (Å²) in [5.41, 5.74) is 3.06. The van der Waals surface area contributed by atoms with Crippen molar-refractivity contribution in [2.75, 3.05) is 20.3 Å². The molecule has 6 heteroatoms. The highest BCUT2D eigenvalue weighted by Gasteiger charge is 2.30. The summed E-state index contributed by atoms with van der Waals surface area (Å²) in [5, 5.41) is 3.04. The van der Waals surface area contributed by atoms with Crippen molar-refractivity contribution >= 4 is 11.8 Å². The van der Waals surface area contributed by atoms with E-state index in [1.807, 2.05) is 78.9 Å². The van der Waals surface area contributed by atoms with Gasteiger partial charge in [0.15, 0.2) is 6.61 Å². The lowest BCUT2D eigenvalue weighted by atomic mass is 10.0. The third kappa shape index (κ3) is 8.67. The summed E-state index contributed by atoms with van der Waals surface area (Å²) >= 11 is 0. The predicted octanol–water partition coefficient (Wildman–Crippen LogP) is 5.19. The van der Waals surface area contributed by atoms with Gasteiger partial charge in [0.1, 0.15) is 17.5 Å². The average molecular weight is 503 g/mol. The van der Waals surface area contributed by atoms with Crippen LogP contribution in [0.4, 0.5) is 0 Å². The van der Waals surface area contributed by atoms with E-state index in [1.165, 1.54) is 5.56 Å². The van der Waals surface area contributed by atoms with Gasteiger partial charge in [-0.05, 0) is 53.8 Å². The van der Waals surface area contributed by atoms with E-state index in [1.54, 1.807) is 12.0 Å². The van der Waals surface area contributed by atoms with Crippen LogP contribution in [0.3, 0.4) is 0 Å². The van der Waals surface area contributed by atoms with Gasteiger partial charge >= 0.3 is 0 Å². The molecular weight excluding hydrogens is 464 g/mol. The van der Waals surface area contributed by atoms with E-state index in [0.717, 1.165) is 30.4 Å². The van der Waals surface area contributed by atoms with Crippen molar-refractivity contribution in [2.45, 2.75) is 52.1 Å². The largest absolute Gasteiger partial charge is 0.497 e. The number of rotatable bonds is 14. The number of aryl methyl sites for hydroxylation is 1. The molecule has 0 heterocycles. The summed E-state index contributed by atoms with van der Waals surface area (Å²) in [4.78, 5) is 28.7. The van der Waals surface area contributed by atoms with Crippen LogP contribution in [0, 0.1) is 0 Å². The number of nitrogens with one attached hydrogen (secondary N) is 1. The zero-order chi connectivity index (χ0) is 26.5. The minimum absolute atomic E-state index is 0.164. The van der Waals surface area contributed by atoms with Crippen LogP contribution >= 0.6 is 0 Å². The minimum Gasteiger partial charge on any atom is -0.497 e. The van der Waals surface area contributed by atoms with Crippen LogP contribution in [-0.2, 0) is 29.0 Å². The van der Waals surface area contributed by atoms with Crippen LogP contribution in [0.2, 0.25) is 0 Å². The average Bonchev–Trinajstić information content (AvgIpc) is 2.94. The van der Waals surface area contributed by atoms with Gasteiger partial charge in [0, 0.05) is 19.5 Å². The second kappa shape index (κ2) is 14.7. The van der Waals surface area contributed by atoms with E-state index in [2.05, 4.69) is 19.2 Å². The Labute approximate surface area is 220 Å². The van der Waals surface area contributed by atoms with Crippen molar-refractivity contribution in [3.63, 3.8) is 0 Å². The Kier molecular flexibility index (Phi) is 11.0. The number of hydrogen-bond acceptors (Lipinski definition) is 4. The highest BCUT2D eigenvalue weighted by molar-refractivity contribution is 5.88. The molecule has 0 aromatic heterocycles. The van der Waals surface area contributed by atoms with E-state index in [9.17, 15) is 9.59 Å². The van der Waals surface area contributed by atoms with Crippen molar-refractivity contribution in [1.29, 1.82) is 0 Å². The molecule has 37 heavy (non-hydrogen) atoms. The highest BCUT2D eigenvalue weighted by atomic mass is 16.5. The Morgan fingerprint density at radius 3 is 2.27 bits per heavy atom. The van der Waals surface area contributed by atoms with Gasteiger partial charge in [-0.15, -0.1) is 0 Å². The van der Waals surface area contributed by atoms with Gasteiger partial charge in [0.2, 0.25) is 5.91 Å². The number of hydrogen-bond donors (Lipinski definition) is 1. The molecule has 3 aromatic carbocycles. The molecule has 3 aromatic rings. The fourth-order valence-corrected chi connectivity index (χ4v) is 4.08. The molecule has 0 radical (unpaired) electrons. The van der Waals surface area contributed by atoms with Gasteiger partial charge in [-0.2, -0.15) is 0 Å². The number of nitrogens with zero attached hydrogens (tertiary/aromatic N) is 1. The summed E-state index contributed by atoms with van der Waals surface area (Å²) in [6.45, 7) is 4.84. The molecule has 6 nitrogen and oxygen atoms in total. The van der Waals surface area contributed by atoms with Crippen LogP contribution in [0.1, 0.15) is 43.4 Å². The maximum atomic E-state index is 13.7. The van der Waals surface area contributed by atoms with Crippen LogP contribution in [0.5, 0.6) is 11.5 Å². The Morgan fingerprint density at radius 2 is 1.59 bits per heavy atom. The van der Waals surface area contributed by atoms with E-state index in [0.29, 0.717) is 24.5 Å². The smallest absolute Gasteiger partial charge is 0.261 e. The Morgan fingerprint density at radius 1 is 0.865 bits per heavy atom. The number of methoxy groups -OCH3 is 1. The van der Waals surface area contributed by atoms with Crippen molar-refractivity contribution in [2.24, 2.45) is 0 Å². The van der Waals surface area contributed by atoms with E-state index >= 15 is 0 Å². The second-order valence-electron chi connectivity index (χ2n) is 9.01. The Bertz CT molecular complexity index is 1120. The van der Waals surface area contributed by atoms with Gasteiger partial charge in [-0.25, -0.2) is 0 Å². The molecule has 0 aliphatic rings. The fraction of sp³-hybridized carbons (Fsp3) is 0.355. The summed E-state index contributed by atoms with van der Waals surface area (Å²) in [6.07, 6.45) is 3.19. The van der Waals surface area contributed by atoms with Crippen molar-refractivity contribution in [3.05, 3.63) is 95.6 Å². The number of ether oxygens (including phenoxy) is 2. The molecule has 1 atom stereocenters. The molecule has 196 valence electrons. The molecule has 1 N–H and O–H groups in total. The first kappa shape index (κ1) is 27.8. The van der Waals surface area contributed by atoms with Crippen LogP contribution in [0.25, 0.3) is 0 Å². The number of benzene rings is 3. The zero-order valence-corrected chi connectivity index (χ0v) is 22.1. The van der Waals surface area contributed by atoms with Gasteiger partial charge in [0.25, 0.3) is 5.91 Å².